The third-order valence-electron chi connectivity index (χ3n) is 8.96. The maximum absolute atomic E-state index is 9.46. The Balaban J connectivity index is 1.45. The quantitative estimate of drug-likeness (QED) is 0.276. The summed E-state index contributed by atoms with van der Waals surface area (Å²) < 4.78 is 0. The van der Waals surface area contributed by atoms with Crippen molar-refractivity contribution in [2.75, 3.05) is 11.9 Å². The molecule has 192 valence electrons. The van der Waals surface area contributed by atoms with E-state index in [1.807, 2.05) is 12.1 Å². The highest BCUT2D eigenvalue weighted by Gasteiger charge is 2.41. The van der Waals surface area contributed by atoms with Crippen molar-refractivity contribution in [1.29, 1.82) is 5.26 Å². The number of benzene rings is 4. The Morgan fingerprint density at radius 1 is 0.897 bits per heavy atom. The second-order valence-corrected chi connectivity index (χ2v) is 11.7. The lowest BCUT2D eigenvalue weighted by Gasteiger charge is -2.30. The molecule has 1 atom stereocenters. The molecule has 0 amide bonds. The van der Waals surface area contributed by atoms with Gasteiger partial charge in [0.15, 0.2) is 0 Å². The summed E-state index contributed by atoms with van der Waals surface area (Å²) in [5.74, 6) is 0. The smallest absolute Gasteiger partial charge is 0.0991 e. The van der Waals surface area contributed by atoms with E-state index in [1.54, 1.807) is 0 Å². The molecule has 0 saturated heterocycles. The SMILES string of the molecule is CC1=C(/C=C/C=C2/N(C)c3ccc(C#N)cc3C2(C)C)C(C)(Cc2ccccc2)c2c1ccc1ccccc21. The molecule has 2 heteroatoms. The predicted octanol–water partition coefficient (Wildman–Crippen LogP) is 8.87. The Morgan fingerprint density at radius 2 is 1.64 bits per heavy atom. The van der Waals surface area contributed by atoms with Crippen LogP contribution in [0.5, 0.6) is 0 Å². The average Bonchev–Trinajstić information content (AvgIpc) is 3.27. The van der Waals surface area contributed by atoms with Crippen LogP contribution in [-0.2, 0) is 17.3 Å². The van der Waals surface area contributed by atoms with Crippen LogP contribution in [-0.4, -0.2) is 7.05 Å². The van der Waals surface area contributed by atoms with Crippen LogP contribution < -0.4 is 4.90 Å². The maximum Gasteiger partial charge on any atom is 0.0991 e. The number of nitrogens with zero attached hydrogens (tertiary/aromatic N) is 2. The monoisotopic (exact) mass is 506 g/mol. The molecule has 4 aromatic rings. The number of rotatable bonds is 4. The van der Waals surface area contributed by atoms with Gasteiger partial charge in [-0.15, -0.1) is 0 Å². The molecule has 1 aliphatic carbocycles. The summed E-state index contributed by atoms with van der Waals surface area (Å²) >= 11 is 0. The van der Waals surface area contributed by atoms with Crippen molar-refractivity contribution < 1.29 is 0 Å². The molecule has 0 bridgehead atoms. The molecule has 1 aliphatic heterocycles. The highest BCUT2D eigenvalue weighted by molar-refractivity contribution is 5.96. The molecule has 0 N–H and O–H groups in total. The summed E-state index contributed by atoms with van der Waals surface area (Å²) in [6, 6.07) is 32.6. The van der Waals surface area contributed by atoms with Crippen LogP contribution in [0.3, 0.4) is 0 Å². The molecule has 2 nitrogen and oxygen atoms in total. The minimum Gasteiger partial charge on any atom is -0.347 e. The van der Waals surface area contributed by atoms with Crippen molar-refractivity contribution in [2.24, 2.45) is 0 Å². The van der Waals surface area contributed by atoms with Gasteiger partial charge in [0.25, 0.3) is 0 Å². The molecule has 0 spiro atoms. The summed E-state index contributed by atoms with van der Waals surface area (Å²) in [5, 5.41) is 12.1. The topological polar surface area (TPSA) is 27.0 Å². The van der Waals surface area contributed by atoms with Crippen molar-refractivity contribution in [2.45, 2.75) is 44.9 Å². The first kappa shape index (κ1) is 25.0. The minimum absolute atomic E-state index is 0.154. The van der Waals surface area contributed by atoms with Crippen molar-refractivity contribution in [3.63, 3.8) is 0 Å². The number of hydrogen-bond donors (Lipinski definition) is 0. The van der Waals surface area contributed by atoms with Gasteiger partial charge in [-0.3, -0.25) is 0 Å². The van der Waals surface area contributed by atoms with Crippen molar-refractivity contribution in [3.8, 4) is 6.07 Å². The fourth-order valence-electron chi connectivity index (χ4n) is 7.01. The predicted molar refractivity (Wildman–Crippen MR) is 164 cm³/mol. The van der Waals surface area contributed by atoms with Gasteiger partial charge < -0.3 is 4.90 Å². The molecule has 4 aromatic carbocycles. The van der Waals surface area contributed by atoms with E-state index < -0.39 is 0 Å². The van der Waals surface area contributed by atoms with Gasteiger partial charge in [-0.05, 0) is 81.8 Å². The molecule has 0 saturated carbocycles. The van der Waals surface area contributed by atoms with E-state index in [1.165, 1.54) is 55.6 Å². The first-order valence-corrected chi connectivity index (χ1v) is 13.7. The third-order valence-corrected chi connectivity index (χ3v) is 8.96. The van der Waals surface area contributed by atoms with Crippen LogP contribution in [0.25, 0.3) is 16.3 Å². The summed E-state index contributed by atoms with van der Waals surface area (Å²) in [7, 11) is 2.13. The van der Waals surface area contributed by atoms with Gasteiger partial charge in [-0.2, -0.15) is 5.26 Å². The van der Waals surface area contributed by atoms with Crippen molar-refractivity contribution in [3.05, 3.63) is 142 Å². The minimum atomic E-state index is -0.188. The van der Waals surface area contributed by atoms with E-state index in [-0.39, 0.29) is 10.8 Å². The van der Waals surface area contributed by atoms with E-state index in [4.69, 9.17) is 0 Å². The van der Waals surface area contributed by atoms with Crippen molar-refractivity contribution >= 4 is 22.0 Å². The standard InChI is InChI=1S/C37H34N2/c1-25-29-20-19-28-14-9-10-15-30(28)35(29)37(4,23-26-12-7-6-8-13-26)31(25)16-11-17-34-36(2,3)32-22-27(24-38)18-21-33(32)39(34)5/h6-22H,23H2,1-5H3/b16-11+,34-17+. The van der Waals surface area contributed by atoms with Crippen LogP contribution in [0, 0.1) is 11.3 Å². The van der Waals surface area contributed by atoms with Crippen LogP contribution in [0.1, 0.15) is 55.5 Å². The average molecular weight is 507 g/mol. The molecule has 0 radical (unpaired) electrons. The van der Waals surface area contributed by atoms with Gasteiger partial charge in [0, 0.05) is 29.3 Å². The van der Waals surface area contributed by atoms with Crippen LogP contribution in [0.4, 0.5) is 5.69 Å². The number of hydrogen-bond acceptors (Lipinski definition) is 2. The van der Waals surface area contributed by atoms with Gasteiger partial charge in [-0.25, -0.2) is 0 Å². The van der Waals surface area contributed by atoms with E-state index in [9.17, 15) is 5.26 Å². The fourth-order valence-corrected chi connectivity index (χ4v) is 7.01. The van der Waals surface area contributed by atoms with Crippen LogP contribution in [0.2, 0.25) is 0 Å². The molecule has 2 aliphatic rings. The van der Waals surface area contributed by atoms with Crippen LogP contribution >= 0.6 is 0 Å². The van der Waals surface area contributed by atoms with Gasteiger partial charge >= 0.3 is 0 Å². The van der Waals surface area contributed by atoms with Gasteiger partial charge in [-0.1, -0.05) is 99.7 Å². The maximum atomic E-state index is 9.46. The van der Waals surface area contributed by atoms with E-state index in [2.05, 4.69) is 137 Å². The second-order valence-electron chi connectivity index (χ2n) is 11.7. The zero-order valence-electron chi connectivity index (χ0n) is 23.4. The Hall–Kier alpha value is -4.35. The largest absolute Gasteiger partial charge is 0.347 e. The number of anilines is 1. The number of allylic oxidation sites excluding steroid dienone is 6. The molecule has 0 fully saturated rings. The fraction of sp³-hybridized carbons (Fsp3) is 0.216. The lowest BCUT2D eigenvalue weighted by atomic mass is 9.72. The highest BCUT2D eigenvalue weighted by Crippen LogP contribution is 2.52. The highest BCUT2D eigenvalue weighted by atomic mass is 15.2. The van der Waals surface area contributed by atoms with E-state index in [0.717, 1.165) is 6.42 Å². The van der Waals surface area contributed by atoms with Crippen molar-refractivity contribution in [1.82, 2.24) is 0 Å². The van der Waals surface area contributed by atoms with E-state index >= 15 is 0 Å². The Bertz CT molecular complexity index is 1740. The summed E-state index contributed by atoms with van der Waals surface area (Å²) in [6.07, 6.45) is 7.78. The molecule has 1 unspecified atom stereocenters. The summed E-state index contributed by atoms with van der Waals surface area (Å²) in [6.45, 7) is 9.19. The third kappa shape index (κ3) is 3.84. The summed E-state index contributed by atoms with van der Waals surface area (Å²) in [5.41, 5.74) is 10.8. The van der Waals surface area contributed by atoms with Gasteiger partial charge in [0.05, 0.1) is 11.6 Å². The molecule has 39 heavy (non-hydrogen) atoms. The molecular formula is C37H34N2. The Labute approximate surface area is 232 Å². The molecule has 0 aromatic heterocycles. The van der Waals surface area contributed by atoms with Gasteiger partial charge in [0.2, 0.25) is 0 Å². The number of nitriles is 1. The first-order valence-electron chi connectivity index (χ1n) is 13.7. The van der Waals surface area contributed by atoms with E-state index in [0.29, 0.717) is 5.56 Å². The Kier molecular flexibility index (Phi) is 5.85. The molecule has 6 rings (SSSR count). The zero-order valence-corrected chi connectivity index (χ0v) is 23.4. The first-order chi connectivity index (χ1) is 18.8. The van der Waals surface area contributed by atoms with Crippen LogP contribution in [0.15, 0.2) is 114 Å². The Morgan fingerprint density at radius 3 is 2.41 bits per heavy atom. The van der Waals surface area contributed by atoms with Gasteiger partial charge in [0.1, 0.15) is 0 Å². The lowest BCUT2D eigenvalue weighted by Crippen LogP contribution is -2.25. The number of likely N-dealkylation sites (N-methyl/N-ethyl adjacent to an activating group) is 1. The molecule has 1 heterocycles. The molecular weight excluding hydrogens is 472 g/mol. The zero-order chi connectivity index (χ0) is 27.4. The lowest BCUT2D eigenvalue weighted by molar-refractivity contribution is 0.582. The number of fused-ring (bicyclic) bond motifs is 4. The normalized spacial score (nSPS) is 20.6. The summed E-state index contributed by atoms with van der Waals surface area (Å²) in [4.78, 5) is 2.27. The second kappa shape index (κ2) is 9.14.